The summed E-state index contributed by atoms with van der Waals surface area (Å²) in [5, 5.41) is 8.40. The van der Waals surface area contributed by atoms with E-state index in [-0.39, 0.29) is 5.97 Å². The van der Waals surface area contributed by atoms with Crippen LogP contribution in [0, 0.1) is 11.5 Å². The van der Waals surface area contributed by atoms with Gasteiger partial charge in [-0.25, -0.2) is 4.79 Å². The number of nitriles is 1. The highest BCUT2D eigenvalue weighted by Crippen LogP contribution is 2.22. The second kappa shape index (κ2) is 5.69. The molecule has 0 aliphatic rings. The normalized spacial score (nSPS) is 9.47. The van der Waals surface area contributed by atoms with Gasteiger partial charge in [0.2, 0.25) is 0 Å². The lowest BCUT2D eigenvalue weighted by molar-refractivity contribution is 0.0601. The molecule has 94 valence electrons. The first-order chi connectivity index (χ1) is 9.24. The van der Waals surface area contributed by atoms with E-state index in [0.717, 1.165) is 11.1 Å². The molecule has 0 atom stereocenters. The zero-order valence-corrected chi connectivity index (χ0v) is 10.3. The van der Waals surface area contributed by atoms with Gasteiger partial charge in [-0.1, -0.05) is 24.3 Å². The average molecular weight is 253 g/mol. The Hall–Kier alpha value is -2.80. The molecule has 4 nitrogen and oxygen atoms in total. The van der Waals surface area contributed by atoms with Gasteiger partial charge in [-0.15, -0.1) is 5.26 Å². The Morgan fingerprint density at radius 3 is 2.00 bits per heavy atom. The van der Waals surface area contributed by atoms with Crippen molar-refractivity contribution >= 4 is 5.97 Å². The van der Waals surface area contributed by atoms with E-state index in [4.69, 9.17) is 10.00 Å². The molecule has 0 spiro atoms. The van der Waals surface area contributed by atoms with Crippen molar-refractivity contribution in [1.29, 1.82) is 5.26 Å². The Labute approximate surface area is 110 Å². The molecule has 0 bridgehead atoms. The van der Waals surface area contributed by atoms with Gasteiger partial charge < -0.3 is 9.47 Å². The molecule has 0 N–H and O–H groups in total. The second-order valence-electron chi connectivity index (χ2n) is 3.79. The minimum atomic E-state index is -0.357. The van der Waals surface area contributed by atoms with Crippen LogP contribution in [0.4, 0.5) is 0 Å². The van der Waals surface area contributed by atoms with Crippen LogP contribution in [-0.2, 0) is 4.74 Å². The fourth-order valence-electron chi connectivity index (χ4n) is 1.68. The molecular weight excluding hydrogens is 242 g/mol. The van der Waals surface area contributed by atoms with Gasteiger partial charge >= 0.3 is 5.97 Å². The molecule has 0 amide bonds. The lowest BCUT2D eigenvalue weighted by Gasteiger charge is -2.04. The number of hydrogen-bond donors (Lipinski definition) is 0. The summed E-state index contributed by atoms with van der Waals surface area (Å²) >= 11 is 0. The molecular formula is C15H11NO3. The Morgan fingerprint density at radius 1 is 1.00 bits per heavy atom. The maximum Gasteiger partial charge on any atom is 0.337 e. The minimum absolute atomic E-state index is 0.357. The van der Waals surface area contributed by atoms with Crippen LogP contribution in [0.5, 0.6) is 5.75 Å². The number of rotatable bonds is 3. The summed E-state index contributed by atoms with van der Waals surface area (Å²) in [5.41, 5.74) is 2.45. The summed E-state index contributed by atoms with van der Waals surface area (Å²) in [7, 11) is 1.35. The molecule has 4 heteroatoms. The Balaban J connectivity index is 2.22. The average Bonchev–Trinajstić information content (AvgIpc) is 2.48. The molecule has 0 saturated carbocycles. The summed E-state index contributed by atoms with van der Waals surface area (Å²) in [6.07, 6.45) is 1.62. The fraction of sp³-hybridized carbons (Fsp3) is 0.0667. The van der Waals surface area contributed by atoms with Crippen molar-refractivity contribution in [3.63, 3.8) is 0 Å². The fourth-order valence-corrected chi connectivity index (χ4v) is 1.68. The van der Waals surface area contributed by atoms with Crippen LogP contribution in [0.15, 0.2) is 48.5 Å². The van der Waals surface area contributed by atoms with E-state index in [1.165, 1.54) is 7.11 Å². The number of carbonyl (C=O) groups excluding carboxylic acids is 1. The lowest BCUT2D eigenvalue weighted by Crippen LogP contribution is -2.00. The van der Waals surface area contributed by atoms with Crippen molar-refractivity contribution in [3.05, 3.63) is 54.1 Å². The third-order valence-corrected chi connectivity index (χ3v) is 2.66. The largest absolute Gasteiger partial charge is 0.465 e. The molecule has 19 heavy (non-hydrogen) atoms. The van der Waals surface area contributed by atoms with Crippen LogP contribution in [0.1, 0.15) is 10.4 Å². The number of carbonyl (C=O) groups is 1. The molecule has 0 saturated heterocycles. The van der Waals surface area contributed by atoms with E-state index in [2.05, 4.69) is 4.74 Å². The number of methoxy groups -OCH3 is 1. The molecule has 2 aromatic rings. The SMILES string of the molecule is COC(=O)c1ccc(-c2ccc(OC#N)cc2)cc1. The number of ether oxygens (including phenoxy) is 2. The number of esters is 1. The van der Waals surface area contributed by atoms with E-state index in [9.17, 15) is 4.79 Å². The molecule has 0 aliphatic heterocycles. The molecule has 2 aromatic carbocycles. The monoisotopic (exact) mass is 253 g/mol. The van der Waals surface area contributed by atoms with E-state index < -0.39 is 0 Å². The summed E-state index contributed by atoms with van der Waals surface area (Å²) in [5.74, 6) is 0.141. The van der Waals surface area contributed by atoms with Gasteiger partial charge in [-0.05, 0) is 35.4 Å². The maximum atomic E-state index is 11.3. The van der Waals surface area contributed by atoms with Crippen LogP contribution in [0.2, 0.25) is 0 Å². The van der Waals surface area contributed by atoms with Crippen LogP contribution in [-0.4, -0.2) is 13.1 Å². The van der Waals surface area contributed by atoms with Crippen molar-refractivity contribution in [2.45, 2.75) is 0 Å². The molecule has 0 fully saturated rings. The third kappa shape index (κ3) is 2.90. The molecule has 0 radical (unpaired) electrons. The van der Waals surface area contributed by atoms with Gasteiger partial charge in [0.25, 0.3) is 6.26 Å². The van der Waals surface area contributed by atoms with E-state index in [1.54, 1.807) is 30.5 Å². The zero-order chi connectivity index (χ0) is 13.7. The minimum Gasteiger partial charge on any atom is -0.465 e. The first kappa shape index (κ1) is 12.7. The number of hydrogen-bond acceptors (Lipinski definition) is 4. The maximum absolute atomic E-state index is 11.3. The topological polar surface area (TPSA) is 59.3 Å². The number of nitrogens with zero attached hydrogens (tertiary/aromatic N) is 1. The van der Waals surface area contributed by atoms with Crippen LogP contribution >= 0.6 is 0 Å². The molecule has 0 heterocycles. The highest BCUT2D eigenvalue weighted by atomic mass is 16.5. The van der Waals surface area contributed by atoms with Gasteiger partial charge in [0.15, 0.2) is 0 Å². The van der Waals surface area contributed by atoms with E-state index >= 15 is 0 Å². The predicted octanol–water partition coefficient (Wildman–Crippen LogP) is 3.00. The quantitative estimate of drug-likeness (QED) is 0.623. The first-order valence-electron chi connectivity index (χ1n) is 5.59. The van der Waals surface area contributed by atoms with E-state index in [1.807, 2.05) is 24.3 Å². The highest BCUT2D eigenvalue weighted by molar-refractivity contribution is 5.89. The van der Waals surface area contributed by atoms with Crippen LogP contribution in [0.25, 0.3) is 11.1 Å². The van der Waals surface area contributed by atoms with Gasteiger partial charge in [-0.3, -0.25) is 0 Å². The highest BCUT2D eigenvalue weighted by Gasteiger charge is 2.05. The Kier molecular flexibility index (Phi) is 3.79. The van der Waals surface area contributed by atoms with Gasteiger partial charge in [0, 0.05) is 0 Å². The van der Waals surface area contributed by atoms with Crippen molar-refractivity contribution in [2.75, 3.05) is 7.11 Å². The Morgan fingerprint density at radius 2 is 1.53 bits per heavy atom. The standard InChI is InChI=1S/C15H11NO3/c1-18-15(17)13-4-2-11(3-5-13)12-6-8-14(9-7-12)19-10-16/h2-9H,1H3. The lowest BCUT2D eigenvalue weighted by atomic mass is 10.0. The Bertz CT molecular complexity index is 609. The molecule has 0 unspecified atom stereocenters. The van der Waals surface area contributed by atoms with E-state index in [0.29, 0.717) is 11.3 Å². The molecule has 0 aliphatic carbocycles. The smallest absolute Gasteiger partial charge is 0.337 e. The van der Waals surface area contributed by atoms with Gasteiger partial charge in [0.05, 0.1) is 12.7 Å². The summed E-state index contributed by atoms with van der Waals surface area (Å²) in [4.78, 5) is 11.3. The predicted molar refractivity (Wildman–Crippen MR) is 69.5 cm³/mol. The third-order valence-electron chi connectivity index (χ3n) is 2.66. The van der Waals surface area contributed by atoms with Crippen molar-refractivity contribution in [3.8, 4) is 23.1 Å². The summed E-state index contributed by atoms with van der Waals surface area (Å²) < 4.78 is 9.34. The molecule has 2 rings (SSSR count). The van der Waals surface area contributed by atoms with Crippen molar-refractivity contribution < 1.29 is 14.3 Å². The van der Waals surface area contributed by atoms with Crippen LogP contribution in [0.3, 0.4) is 0 Å². The first-order valence-corrected chi connectivity index (χ1v) is 5.59. The second-order valence-corrected chi connectivity index (χ2v) is 3.79. The van der Waals surface area contributed by atoms with Crippen LogP contribution < -0.4 is 4.74 Å². The molecule has 0 aromatic heterocycles. The van der Waals surface area contributed by atoms with Crippen molar-refractivity contribution in [2.24, 2.45) is 0 Å². The zero-order valence-electron chi connectivity index (χ0n) is 10.3. The van der Waals surface area contributed by atoms with Crippen molar-refractivity contribution in [1.82, 2.24) is 0 Å². The van der Waals surface area contributed by atoms with Gasteiger partial charge in [0.1, 0.15) is 5.75 Å². The summed E-state index contributed by atoms with van der Waals surface area (Å²) in [6, 6.07) is 14.2. The number of benzene rings is 2. The van der Waals surface area contributed by atoms with Gasteiger partial charge in [-0.2, -0.15) is 0 Å². The summed E-state index contributed by atoms with van der Waals surface area (Å²) in [6.45, 7) is 0.